The summed E-state index contributed by atoms with van der Waals surface area (Å²) in [6, 6.07) is 3.31. The summed E-state index contributed by atoms with van der Waals surface area (Å²) in [6.45, 7) is 4.73. The largest absolute Gasteiger partial charge is 0.418 e. The van der Waals surface area contributed by atoms with Crippen molar-refractivity contribution < 1.29 is 18.0 Å². The lowest BCUT2D eigenvalue weighted by atomic mass is 10.1. The zero-order valence-corrected chi connectivity index (χ0v) is 9.06. The monoisotopic (exact) mass is 244 g/mol. The highest BCUT2D eigenvalue weighted by Gasteiger charge is 2.34. The van der Waals surface area contributed by atoms with Crippen molar-refractivity contribution in [1.29, 1.82) is 0 Å². The van der Waals surface area contributed by atoms with E-state index in [0.717, 1.165) is 6.07 Å². The summed E-state index contributed by atoms with van der Waals surface area (Å²) >= 11 is 0. The first-order valence-corrected chi connectivity index (χ1v) is 4.66. The first-order valence-electron chi connectivity index (χ1n) is 4.66. The highest BCUT2D eigenvalue weighted by atomic mass is 19.4. The van der Waals surface area contributed by atoms with Crippen LogP contribution < -0.4 is 11.1 Å². The van der Waals surface area contributed by atoms with Crippen LogP contribution in [0.15, 0.2) is 30.4 Å². The van der Waals surface area contributed by atoms with E-state index in [4.69, 9.17) is 5.73 Å². The van der Waals surface area contributed by atoms with Gasteiger partial charge in [0.1, 0.15) is 0 Å². The molecule has 1 aromatic carbocycles. The molecule has 0 radical (unpaired) electrons. The molecule has 0 spiro atoms. The molecule has 3 nitrogen and oxygen atoms in total. The number of nitrogens with one attached hydrogen (secondary N) is 1. The number of hydrogen-bond acceptors (Lipinski definition) is 2. The Morgan fingerprint density at radius 2 is 2.00 bits per heavy atom. The van der Waals surface area contributed by atoms with E-state index in [9.17, 15) is 18.0 Å². The van der Waals surface area contributed by atoms with E-state index in [1.165, 1.54) is 19.1 Å². The molecule has 1 rings (SSSR count). The van der Waals surface area contributed by atoms with Gasteiger partial charge in [-0.3, -0.25) is 4.79 Å². The molecule has 0 saturated heterocycles. The Kier molecular flexibility index (Phi) is 3.45. The summed E-state index contributed by atoms with van der Waals surface area (Å²) < 4.78 is 38.0. The zero-order valence-electron chi connectivity index (χ0n) is 9.06. The average Bonchev–Trinajstić information content (AvgIpc) is 2.18. The standard InChI is InChI=1S/C11H11F3N2O/c1-6(2)10(17)16-9-7(11(12,13)14)4-3-5-8(9)15/h3-5H,1,15H2,2H3,(H,16,17). The molecule has 0 heterocycles. The van der Waals surface area contributed by atoms with Gasteiger partial charge in [-0.15, -0.1) is 0 Å². The predicted octanol–water partition coefficient (Wildman–Crippen LogP) is 2.80. The Bertz CT molecular complexity index is 466. The Labute approximate surface area is 96.1 Å². The van der Waals surface area contributed by atoms with Gasteiger partial charge in [-0.05, 0) is 19.1 Å². The molecule has 0 bridgehead atoms. The maximum atomic E-state index is 12.7. The van der Waals surface area contributed by atoms with Crippen molar-refractivity contribution in [1.82, 2.24) is 0 Å². The van der Waals surface area contributed by atoms with E-state index >= 15 is 0 Å². The molecule has 0 atom stereocenters. The van der Waals surface area contributed by atoms with Crippen LogP contribution in [0.1, 0.15) is 12.5 Å². The number of para-hydroxylation sites is 1. The van der Waals surface area contributed by atoms with Crippen LogP contribution in [0.3, 0.4) is 0 Å². The van der Waals surface area contributed by atoms with Crippen LogP contribution in [0.2, 0.25) is 0 Å². The maximum Gasteiger partial charge on any atom is 0.418 e. The van der Waals surface area contributed by atoms with Crippen LogP contribution in [0.5, 0.6) is 0 Å². The van der Waals surface area contributed by atoms with E-state index in [1.54, 1.807) is 0 Å². The van der Waals surface area contributed by atoms with Crippen molar-refractivity contribution in [2.75, 3.05) is 11.1 Å². The second kappa shape index (κ2) is 4.48. The number of carbonyl (C=O) groups is 1. The summed E-state index contributed by atoms with van der Waals surface area (Å²) in [7, 11) is 0. The van der Waals surface area contributed by atoms with Gasteiger partial charge in [0, 0.05) is 5.57 Å². The van der Waals surface area contributed by atoms with Gasteiger partial charge in [0.15, 0.2) is 0 Å². The van der Waals surface area contributed by atoms with Gasteiger partial charge in [0.05, 0.1) is 16.9 Å². The molecule has 0 fully saturated rings. The van der Waals surface area contributed by atoms with Gasteiger partial charge in [-0.2, -0.15) is 13.2 Å². The van der Waals surface area contributed by atoms with Crippen LogP contribution in [0.4, 0.5) is 24.5 Å². The van der Waals surface area contributed by atoms with Crippen molar-refractivity contribution in [2.24, 2.45) is 0 Å². The second-order valence-electron chi connectivity index (χ2n) is 3.50. The number of rotatable bonds is 2. The number of nitrogens with two attached hydrogens (primary N) is 1. The molecule has 17 heavy (non-hydrogen) atoms. The number of hydrogen-bond donors (Lipinski definition) is 2. The number of anilines is 2. The SMILES string of the molecule is C=C(C)C(=O)Nc1c(N)cccc1C(F)(F)F. The van der Waals surface area contributed by atoms with Crippen molar-refractivity contribution in [3.8, 4) is 0 Å². The van der Waals surface area contributed by atoms with Gasteiger partial charge in [0.2, 0.25) is 0 Å². The summed E-state index contributed by atoms with van der Waals surface area (Å²) in [5, 5.41) is 2.10. The van der Waals surface area contributed by atoms with Crippen molar-refractivity contribution in [3.63, 3.8) is 0 Å². The second-order valence-corrected chi connectivity index (χ2v) is 3.50. The van der Waals surface area contributed by atoms with Crippen molar-refractivity contribution in [3.05, 3.63) is 35.9 Å². The lowest BCUT2D eigenvalue weighted by Gasteiger charge is -2.15. The number of amides is 1. The lowest BCUT2D eigenvalue weighted by Crippen LogP contribution is -2.18. The fraction of sp³-hybridized carbons (Fsp3) is 0.182. The zero-order chi connectivity index (χ0) is 13.2. The molecule has 0 unspecified atom stereocenters. The smallest absolute Gasteiger partial charge is 0.397 e. The fourth-order valence-electron chi connectivity index (χ4n) is 1.17. The molecule has 6 heteroatoms. The van der Waals surface area contributed by atoms with Crippen LogP contribution in [-0.4, -0.2) is 5.91 Å². The number of benzene rings is 1. The molecule has 1 amide bonds. The molecule has 0 aliphatic rings. The number of alkyl halides is 3. The van der Waals surface area contributed by atoms with Gasteiger partial charge in [-0.25, -0.2) is 0 Å². The van der Waals surface area contributed by atoms with E-state index in [-0.39, 0.29) is 11.3 Å². The summed E-state index contributed by atoms with van der Waals surface area (Å²) in [6.07, 6.45) is -4.58. The molecule has 0 aliphatic heterocycles. The van der Waals surface area contributed by atoms with E-state index in [1.807, 2.05) is 0 Å². The van der Waals surface area contributed by atoms with Crippen LogP contribution >= 0.6 is 0 Å². The molecule has 1 aromatic rings. The number of carbonyl (C=O) groups excluding carboxylic acids is 1. The highest BCUT2D eigenvalue weighted by molar-refractivity contribution is 6.05. The molecule has 0 aromatic heterocycles. The molecule has 0 saturated carbocycles. The Hall–Kier alpha value is -1.98. The van der Waals surface area contributed by atoms with Gasteiger partial charge in [0.25, 0.3) is 5.91 Å². The Morgan fingerprint density at radius 3 is 2.47 bits per heavy atom. The minimum atomic E-state index is -4.58. The first kappa shape index (κ1) is 13.1. The van der Waals surface area contributed by atoms with E-state index in [0.29, 0.717) is 0 Å². The normalized spacial score (nSPS) is 11.1. The van der Waals surface area contributed by atoms with Crippen molar-refractivity contribution in [2.45, 2.75) is 13.1 Å². The summed E-state index contributed by atoms with van der Waals surface area (Å²) in [5.74, 6) is -0.701. The Balaban J connectivity index is 3.22. The summed E-state index contributed by atoms with van der Waals surface area (Å²) in [4.78, 5) is 11.3. The number of nitrogen functional groups attached to an aromatic ring is 1. The summed E-state index contributed by atoms with van der Waals surface area (Å²) in [5.41, 5.74) is 3.96. The van der Waals surface area contributed by atoms with Gasteiger partial charge < -0.3 is 11.1 Å². The minimum absolute atomic E-state index is 0.0985. The van der Waals surface area contributed by atoms with Crippen LogP contribution in [0.25, 0.3) is 0 Å². The van der Waals surface area contributed by atoms with Crippen LogP contribution in [0, 0.1) is 0 Å². The third-order valence-electron chi connectivity index (χ3n) is 2.03. The third-order valence-corrected chi connectivity index (χ3v) is 2.03. The molecule has 92 valence electrons. The minimum Gasteiger partial charge on any atom is -0.397 e. The fourth-order valence-corrected chi connectivity index (χ4v) is 1.17. The van der Waals surface area contributed by atoms with E-state index in [2.05, 4.69) is 11.9 Å². The van der Waals surface area contributed by atoms with Crippen molar-refractivity contribution >= 4 is 17.3 Å². The Morgan fingerprint density at radius 1 is 1.41 bits per heavy atom. The predicted molar refractivity (Wildman–Crippen MR) is 59.3 cm³/mol. The average molecular weight is 244 g/mol. The molecule has 0 aliphatic carbocycles. The number of halogens is 3. The first-order chi connectivity index (χ1) is 7.73. The topological polar surface area (TPSA) is 55.1 Å². The highest BCUT2D eigenvalue weighted by Crippen LogP contribution is 2.37. The quantitative estimate of drug-likeness (QED) is 0.620. The van der Waals surface area contributed by atoms with Crippen LogP contribution in [-0.2, 0) is 11.0 Å². The van der Waals surface area contributed by atoms with Gasteiger partial charge in [-0.1, -0.05) is 12.6 Å². The maximum absolute atomic E-state index is 12.7. The van der Waals surface area contributed by atoms with E-state index < -0.39 is 23.3 Å². The molecule has 3 N–H and O–H groups in total. The van der Waals surface area contributed by atoms with Gasteiger partial charge >= 0.3 is 6.18 Å². The third kappa shape index (κ3) is 2.99. The molecular formula is C11H11F3N2O. The molecular weight excluding hydrogens is 233 g/mol. The lowest BCUT2D eigenvalue weighted by molar-refractivity contribution is -0.136.